The van der Waals surface area contributed by atoms with Gasteiger partial charge in [-0.3, -0.25) is 4.79 Å². The van der Waals surface area contributed by atoms with Crippen molar-refractivity contribution in [2.75, 3.05) is 13.1 Å². The molecule has 0 aliphatic carbocycles. The molecule has 1 aliphatic rings. The van der Waals surface area contributed by atoms with Gasteiger partial charge in [-0.05, 0) is 30.7 Å². The van der Waals surface area contributed by atoms with Crippen molar-refractivity contribution >= 4 is 5.91 Å². The molecule has 19 heavy (non-hydrogen) atoms. The molecule has 2 heteroatoms. The van der Waals surface area contributed by atoms with Crippen LogP contribution < -0.4 is 0 Å². The number of amides is 1. The van der Waals surface area contributed by atoms with Gasteiger partial charge in [0.1, 0.15) is 0 Å². The van der Waals surface area contributed by atoms with E-state index in [0.29, 0.717) is 5.91 Å². The van der Waals surface area contributed by atoms with Gasteiger partial charge in [-0.1, -0.05) is 51.1 Å². The third-order valence-electron chi connectivity index (χ3n) is 4.14. The second kappa shape index (κ2) is 5.77. The van der Waals surface area contributed by atoms with Crippen LogP contribution >= 0.6 is 0 Å². The van der Waals surface area contributed by atoms with Gasteiger partial charge in [0.05, 0.1) is 0 Å². The van der Waals surface area contributed by atoms with Crippen LogP contribution in [0.2, 0.25) is 0 Å². The van der Waals surface area contributed by atoms with Crippen molar-refractivity contribution in [1.29, 1.82) is 0 Å². The third kappa shape index (κ3) is 3.59. The number of likely N-dealkylation sites (tertiary alicyclic amines) is 1. The van der Waals surface area contributed by atoms with Crippen molar-refractivity contribution < 1.29 is 4.79 Å². The molecule has 2 nitrogen and oxygen atoms in total. The molecule has 0 saturated carbocycles. The lowest BCUT2D eigenvalue weighted by molar-refractivity contribution is -0.141. The summed E-state index contributed by atoms with van der Waals surface area (Å²) < 4.78 is 0. The van der Waals surface area contributed by atoms with E-state index < -0.39 is 0 Å². The molecular weight excluding hydrogens is 234 g/mol. The molecule has 0 N–H and O–H groups in total. The van der Waals surface area contributed by atoms with E-state index in [9.17, 15) is 4.79 Å². The van der Waals surface area contributed by atoms with Gasteiger partial charge in [0.25, 0.3) is 0 Å². The summed E-state index contributed by atoms with van der Waals surface area (Å²) in [6.07, 6.45) is 3.11. The van der Waals surface area contributed by atoms with E-state index in [1.807, 2.05) is 18.2 Å². The quantitative estimate of drug-likeness (QED) is 0.813. The summed E-state index contributed by atoms with van der Waals surface area (Å²) >= 11 is 0. The van der Waals surface area contributed by atoms with Crippen molar-refractivity contribution in [2.24, 2.45) is 11.3 Å². The van der Waals surface area contributed by atoms with Gasteiger partial charge in [0.2, 0.25) is 5.91 Å². The number of piperidine rings is 1. The van der Waals surface area contributed by atoms with Crippen molar-refractivity contribution in [3.05, 3.63) is 35.9 Å². The third-order valence-corrected chi connectivity index (χ3v) is 4.14. The van der Waals surface area contributed by atoms with Gasteiger partial charge in [0, 0.05) is 18.5 Å². The lowest BCUT2D eigenvalue weighted by Crippen LogP contribution is -2.45. The molecule has 104 valence electrons. The second-order valence-electron chi connectivity index (χ2n) is 6.52. The minimum atomic E-state index is -0.304. The van der Waals surface area contributed by atoms with Crippen LogP contribution in [-0.2, 0) is 11.2 Å². The zero-order valence-electron chi connectivity index (χ0n) is 12.4. The van der Waals surface area contributed by atoms with Crippen molar-refractivity contribution in [3.8, 4) is 0 Å². The molecule has 1 saturated heterocycles. The second-order valence-corrected chi connectivity index (χ2v) is 6.52. The van der Waals surface area contributed by atoms with E-state index >= 15 is 0 Å². The summed E-state index contributed by atoms with van der Waals surface area (Å²) in [5, 5.41) is 0. The maximum absolute atomic E-state index is 12.7. The lowest BCUT2D eigenvalue weighted by atomic mass is 9.83. The summed E-state index contributed by atoms with van der Waals surface area (Å²) in [6.45, 7) is 8.27. The van der Waals surface area contributed by atoms with Gasteiger partial charge in [-0.15, -0.1) is 0 Å². The number of carbonyl (C=O) groups is 1. The van der Waals surface area contributed by atoms with Crippen molar-refractivity contribution in [2.45, 2.75) is 40.0 Å². The average Bonchev–Trinajstić information content (AvgIpc) is 2.39. The zero-order valence-corrected chi connectivity index (χ0v) is 12.4. The highest BCUT2D eigenvalue weighted by molar-refractivity contribution is 5.82. The number of rotatable bonds is 3. The lowest BCUT2D eigenvalue weighted by Gasteiger charge is -2.36. The number of hydrogen-bond acceptors (Lipinski definition) is 1. The standard InChI is InChI=1S/C17H25NO/c1-14-9-11-18(12-10-14)16(19)17(2,3)13-15-7-5-4-6-8-15/h4-8,14H,9-13H2,1-3H3. The monoisotopic (exact) mass is 259 g/mol. The number of hydrogen-bond donors (Lipinski definition) is 0. The molecule has 0 atom stereocenters. The Balaban J connectivity index is 2.00. The van der Waals surface area contributed by atoms with E-state index in [1.165, 1.54) is 5.56 Å². The first-order valence-corrected chi connectivity index (χ1v) is 7.32. The minimum absolute atomic E-state index is 0.304. The topological polar surface area (TPSA) is 20.3 Å². The fourth-order valence-electron chi connectivity index (χ4n) is 2.82. The maximum atomic E-state index is 12.7. The molecule has 0 spiro atoms. The predicted molar refractivity (Wildman–Crippen MR) is 78.9 cm³/mol. The minimum Gasteiger partial charge on any atom is -0.342 e. The first kappa shape index (κ1) is 14.1. The Bertz CT molecular complexity index is 416. The Morgan fingerprint density at radius 3 is 2.37 bits per heavy atom. The Kier molecular flexibility index (Phi) is 4.28. The predicted octanol–water partition coefficient (Wildman–Crippen LogP) is 3.51. The van der Waals surface area contributed by atoms with E-state index in [2.05, 4.69) is 37.8 Å². The molecule has 0 bridgehead atoms. The molecule has 1 amide bonds. The molecular formula is C17H25NO. The molecule has 1 aromatic carbocycles. The summed E-state index contributed by atoms with van der Waals surface area (Å²) in [6, 6.07) is 10.3. The van der Waals surface area contributed by atoms with Crippen LogP contribution in [0.5, 0.6) is 0 Å². The van der Waals surface area contributed by atoms with Gasteiger partial charge in [-0.25, -0.2) is 0 Å². The van der Waals surface area contributed by atoms with E-state index in [4.69, 9.17) is 0 Å². The first-order valence-electron chi connectivity index (χ1n) is 7.32. The molecule has 2 rings (SSSR count). The Morgan fingerprint density at radius 1 is 1.21 bits per heavy atom. The Hall–Kier alpha value is -1.31. The number of nitrogens with zero attached hydrogens (tertiary/aromatic N) is 1. The molecule has 1 aliphatic heterocycles. The average molecular weight is 259 g/mol. The molecule has 1 heterocycles. The van der Waals surface area contributed by atoms with Crippen LogP contribution in [0.4, 0.5) is 0 Å². The van der Waals surface area contributed by atoms with Crippen molar-refractivity contribution in [1.82, 2.24) is 4.90 Å². The smallest absolute Gasteiger partial charge is 0.228 e. The normalized spacial score (nSPS) is 17.5. The molecule has 1 aromatic rings. The first-order chi connectivity index (χ1) is 8.99. The summed E-state index contributed by atoms with van der Waals surface area (Å²) in [4.78, 5) is 14.7. The van der Waals surface area contributed by atoms with Crippen LogP contribution in [-0.4, -0.2) is 23.9 Å². The number of benzene rings is 1. The highest BCUT2D eigenvalue weighted by Crippen LogP contribution is 2.27. The summed E-state index contributed by atoms with van der Waals surface area (Å²) in [5.74, 6) is 1.07. The Labute approximate surface area is 116 Å². The van der Waals surface area contributed by atoms with Gasteiger partial charge in [-0.2, -0.15) is 0 Å². The van der Waals surface area contributed by atoms with Gasteiger partial charge < -0.3 is 4.90 Å². The summed E-state index contributed by atoms with van der Waals surface area (Å²) in [7, 11) is 0. The zero-order chi connectivity index (χ0) is 13.9. The van der Waals surface area contributed by atoms with E-state index in [1.54, 1.807) is 0 Å². The number of carbonyl (C=O) groups excluding carboxylic acids is 1. The Morgan fingerprint density at radius 2 is 1.79 bits per heavy atom. The van der Waals surface area contributed by atoms with Crippen molar-refractivity contribution in [3.63, 3.8) is 0 Å². The highest BCUT2D eigenvalue weighted by Gasteiger charge is 2.33. The van der Waals surface area contributed by atoms with Gasteiger partial charge in [0.15, 0.2) is 0 Å². The van der Waals surface area contributed by atoms with Crippen LogP contribution in [0.1, 0.15) is 39.2 Å². The van der Waals surface area contributed by atoms with E-state index in [-0.39, 0.29) is 5.41 Å². The van der Waals surface area contributed by atoms with E-state index in [0.717, 1.165) is 38.3 Å². The highest BCUT2D eigenvalue weighted by atomic mass is 16.2. The van der Waals surface area contributed by atoms with Crippen LogP contribution in [0.3, 0.4) is 0 Å². The fourth-order valence-corrected chi connectivity index (χ4v) is 2.82. The molecule has 0 unspecified atom stereocenters. The largest absolute Gasteiger partial charge is 0.342 e. The fraction of sp³-hybridized carbons (Fsp3) is 0.588. The van der Waals surface area contributed by atoms with Crippen LogP contribution in [0, 0.1) is 11.3 Å². The maximum Gasteiger partial charge on any atom is 0.228 e. The SMILES string of the molecule is CC1CCN(C(=O)C(C)(C)Cc2ccccc2)CC1. The summed E-state index contributed by atoms with van der Waals surface area (Å²) in [5.41, 5.74) is 0.938. The van der Waals surface area contributed by atoms with Crippen LogP contribution in [0.15, 0.2) is 30.3 Å². The van der Waals surface area contributed by atoms with Crippen LogP contribution in [0.25, 0.3) is 0 Å². The van der Waals surface area contributed by atoms with Gasteiger partial charge >= 0.3 is 0 Å². The molecule has 0 aromatic heterocycles. The molecule has 1 fully saturated rings. The molecule has 0 radical (unpaired) electrons.